The predicted molar refractivity (Wildman–Crippen MR) is 114 cm³/mol. The van der Waals surface area contributed by atoms with E-state index in [0.717, 1.165) is 21.8 Å². The van der Waals surface area contributed by atoms with Crippen LogP contribution in [0.4, 0.5) is 0 Å². The van der Waals surface area contributed by atoms with Crippen molar-refractivity contribution in [1.29, 1.82) is 5.26 Å². The van der Waals surface area contributed by atoms with Crippen LogP contribution in [-0.2, 0) is 6.54 Å². The van der Waals surface area contributed by atoms with Gasteiger partial charge in [-0.3, -0.25) is 4.68 Å². The number of hydrogen-bond donors (Lipinski definition) is 0. The number of halogens is 2. The van der Waals surface area contributed by atoms with Gasteiger partial charge in [0, 0.05) is 16.8 Å². The van der Waals surface area contributed by atoms with Crippen LogP contribution in [0, 0.1) is 11.3 Å². The van der Waals surface area contributed by atoms with Gasteiger partial charge in [-0.25, -0.2) is 0 Å². The number of hydrogen-bond acceptors (Lipinski definition) is 3. The quantitative estimate of drug-likeness (QED) is 0.367. The van der Waals surface area contributed by atoms with Crippen molar-refractivity contribution in [1.82, 2.24) is 9.78 Å². The van der Waals surface area contributed by atoms with Gasteiger partial charge in [0.1, 0.15) is 23.1 Å². The lowest BCUT2D eigenvalue weighted by Gasteiger charge is -2.08. The minimum absolute atomic E-state index is 0.319. The van der Waals surface area contributed by atoms with Crippen LogP contribution in [0.2, 0.25) is 10.0 Å². The molecule has 0 amide bonds. The van der Waals surface area contributed by atoms with Crippen molar-refractivity contribution in [2.75, 3.05) is 0 Å². The van der Waals surface area contributed by atoms with Crippen LogP contribution in [0.1, 0.15) is 11.1 Å². The maximum atomic E-state index is 9.26. The molecule has 0 saturated heterocycles. The molecule has 6 heteroatoms. The zero-order valence-electron chi connectivity index (χ0n) is 15.2. The highest BCUT2D eigenvalue weighted by Crippen LogP contribution is 2.30. The average Bonchev–Trinajstić information content (AvgIpc) is 3.19. The monoisotopic (exact) mass is 419 g/mol. The summed E-state index contributed by atoms with van der Waals surface area (Å²) in [5.74, 6) is 1.05. The molecule has 29 heavy (non-hydrogen) atoms. The molecule has 0 aliphatic carbocycles. The molecule has 0 saturated carbocycles. The topological polar surface area (TPSA) is 50.8 Å². The molecule has 0 atom stereocenters. The lowest BCUT2D eigenvalue weighted by Crippen LogP contribution is -2.00. The molecule has 142 valence electrons. The lowest BCUT2D eigenvalue weighted by molar-refractivity contribution is 0.481. The molecule has 4 rings (SSSR count). The Kier molecular flexibility index (Phi) is 5.53. The molecule has 0 radical (unpaired) electrons. The molecule has 0 aliphatic rings. The second-order valence-electron chi connectivity index (χ2n) is 6.38. The van der Waals surface area contributed by atoms with E-state index in [9.17, 15) is 5.26 Å². The molecule has 0 N–H and O–H groups in total. The van der Waals surface area contributed by atoms with Crippen LogP contribution < -0.4 is 4.74 Å². The van der Waals surface area contributed by atoms with Crippen molar-refractivity contribution in [3.63, 3.8) is 0 Å². The highest BCUT2D eigenvalue weighted by molar-refractivity contribution is 6.32. The third kappa shape index (κ3) is 4.43. The fourth-order valence-electron chi connectivity index (χ4n) is 2.90. The number of nitrogens with zero attached hydrogens (tertiary/aromatic N) is 3. The molecule has 3 aromatic carbocycles. The van der Waals surface area contributed by atoms with Gasteiger partial charge in [0.05, 0.1) is 17.3 Å². The molecule has 1 aromatic heterocycles. The Balaban J connectivity index is 1.49. The molecule has 0 spiro atoms. The van der Waals surface area contributed by atoms with Gasteiger partial charge in [0.15, 0.2) is 0 Å². The minimum Gasteiger partial charge on any atom is -0.456 e. The van der Waals surface area contributed by atoms with Crippen molar-refractivity contribution in [2.45, 2.75) is 6.54 Å². The van der Waals surface area contributed by atoms with E-state index in [1.54, 1.807) is 18.2 Å². The second-order valence-corrected chi connectivity index (χ2v) is 7.22. The first-order valence-electron chi connectivity index (χ1n) is 8.87. The van der Waals surface area contributed by atoms with E-state index < -0.39 is 0 Å². The summed E-state index contributed by atoms with van der Waals surface area (Å²) in [4.78, 5) is 0. The van der Waals surface area contributed by atoms with Crippen LogP contribution in [0.25, 0.3) is 11.3 Å². The molecule has 1 heterocycles. The van der Waals surface area contributed by atoms with Crippen molar-refractivity contribution >= 4 is 23.2 Å². The average molecular weight is 420 g/mol. The molecule has 4 nitrogen and oxygen atoms in total. The van der Waals surface area contributed by atoms with Gasteiger partial charge in [-0.1, -0.05) is 41.4 Å². The van der Waals surface area contributed by atoms with Gasteiger partial charge in [-0.05, 0) is 60.2 Å². The molecule has 4 aromatic rings. The molecular formula is C23H15Cl2N3O. The number of ether oxygens (including phenoxy) is 1. The third-order valence-electron chi connectivity index (χ3n) is 4.36. The van der Waals surface area contributed by atoms with Gasteiger partial charge in [-0.15, -0.1) is 0 Å². The summed E-state index contributed by atoms with van der Waals surface area (Å²) in [5.41, 5.74) is 3.28. The van der Waals surface area contributed by atoms with Gasteiger partial charge < -0.3 is 4.74 Å². The van der Waals surface area contributed by atoms with Gasteiger partial charge in [0.2, 0.25) is 0 Å². The van der Waals surface area contributed by atoms with E-state index in [1.165, 1.54) is 0 Å². The Bertz CT molecular complexity index is 1180. The van der Waals surface area contributed by atoms with Crippen molar-refractivity contribution in [3.8, 4) is 28.8 Å². The fraction of sp³-hybridized carbons (Fsp3) is 0.0435. The van der Waals surface area contributed by atoms with E-state index in [-0.39, 0.29) is 0 Å². The van der Waals surface area contributed by atoms with Gasteiger partial charge >= 0.3 is 0 Å². The van der Waals surface area contributed by atoms with Crippen LogP contribution in [-0.4, -0.2) is 9.78 Å². The van der Waals surface area contributed by atoms with Crippen molar-refractivity contribution < 1.29 is 4.74 Å². The van der Waals surface area contributed by atoms with Crippen molar-refractivity contribution in [2.24, 2.45) is 0 Å². The summed E-state index contributed by atoms with van der Waals surface area (Å²) in [6.45, 7) is 0.671. The summed E-state index contributed by atoms with van der Waals surface area (Å²) < 4.78 is 7.71. The SMILES string of the molecule is N#Cc1c(Cl)cccc1Oc1ccc(-c2ccn(Cc3ccc(Cl)cc3)n2)cc1. The summed E-state index contributed by atoms with van der Waals surface area (Å²) in [6, 6.07) is 24.4. The molecule has 0 aliphatic heterocycles. The maximum Gasteiger partial charge on any atom is 0.146 e. The maximum absolute atomic E-state index is 9.26. The smallest absolute Gasteiger partial charge is 0.146 e. The van der Waals surface area contributed by atoms with Crippen LogP contribution >= 0.6 is 23.2 Å². The van der Waals surface area contributed by atoms with Crippen molar-refractivity contribution in [3.05, 3.63) is 100 Å². The normalized spacial score (nSPS) is 10.5. The van der Waals surface area contributed by atoms with E-state index in [1.807, 2.05) is 65.5 Å². The Hall–Kier alpha value is -3.26. The zero-order chi connectivity index (χ0) is 20.2. The first-order valence-corrected chi connectivity index (χ1v) is 9.63. The molecule has 0 unspecified atom stereocenters. The van der Waals surface area contributed by atoms with Gasteiger partial charge in [0.25, 0.3) is 0 Å². The Morgan fingerprint density at radius 2 is 1.69 bits per heavy atom. The number of nitriles is 1. The van der Waals surface area contributed by atoms with Crippen LogP contribution in [0.3, 0.4) is 0 Å². The largest absolute Gasteiger partial charge is 0.456 e. The summed E-state index contributed by atoms with van der Waals surface area (Å²) in [5, 5.41) is 15.0. The Morgan fingerprint density at radius 3 is 2.41 bits per heavy atom. The van der Waals surface area contributed by atoms with Crippen LogP contribution in [0.15, 0.2) is 79.0 Å². The molecule has 0 fully saturated rings. The molecule has 0 bridgehead atoms. The summed E-state index contributed by atoms with van der Waals surface area (Å²) >= 11 is 12.0. The molecular weight excluding hydrogens is 405 g/mol. The fourth-order valence-corrected chi connectivity index (χ4v) is 3.23. The standard InChI is InChI=1S/C23H15Cl2N3O/c24-18-8-4-16(5-9-18)15-28-13-12-22(27-28)17-6-10-19(11-7-17)29-23-3-1-2-21(25)20(23)14-26/h1-13H,15H2. The van der Waals surface area contributed by atoms with Gasteiger partial charge in [-0.2, -0.15) is 10.4 Å². The Labute approximate surface area is 178 Å². The Morgan fingerprint density at radius 1 is 0.931 bits per heavy atom. The summed E-state index contributed by atoms with van der Waals surface area (Å²) in [6.07, 6.45) is 1.94. The highest BCUT2D eigenvalue weighted by Gasteiger charge is 2.09. The van der Waals surface area contributed by atoms with E-state index in [4.69, 9.17) is 27.9 Å². The number of aromatic nitrogens is 2. The zero-order valence-corrected chi connectivity index (χ0v) is 16.7. The number of benzene rings is 3. The second kappa shape index (κ2) is 8.40. The summed E-state index contributed by atoms with van der Waals surface area (Å²) in [7, 11) is 0. The predicted octanol–water partition coefficient (Wildman–Crippen LogP) is 6.57. The van der Waals surface area contributed by atoms with E-state index in [0.29, 0.717) is 28.6 Å². The van der Waals surface area contributed by atoms with Crippen LogP contribution in [0.5, 0.6) is 11.5 Å². The minimum atomic E-state index is 0.319. The first kappa shape index (κ1) is 19.1. The lowest BCUT2D eigenvalue weighted by atomic mass is 10.1. The first-order chi connectivity index (χ1) is 14.1. The number of rotatable bonds is 5. The van der Waals surface area contributed by atoms with E-state index >= 15 is 0 Å². The van der Waals surface area contributed by atoms with E-state index in [2.05, 4.69) is 11.2 Å². The third-order valence-corrected chi connectivity index (χ3v) is 4.93. The highest BCUT2D eigenvalue weighted by atomic mass is 35.5.